The van der Waals surface area contributed by atoms with Crippen molar-refractivity contribution in [2.45, 2.75) is 19.8 Å². The lowest BCUT2D eigenvalue weighted by Gasteiger charge is -2.21. The van der Waals surface area contributed by atoms with Crippen LogP contribution in [0.1, 0.15) is 30.1 Å². The van der Waals surface area contributed by atoms with Crippen LogP contribution in [0.3, 0.4) is 0 Å². The quantitative estimate of drug-likeness (QED) is 0.613. The number of benzene rings is 1. The lowest BCUT2D eigenvalue weighted by Crippen LogP contribution is -2.34. The molecule has 0 unspecified atom stereocenters. The molecule has 1 aromatic carbocycles. The number of rotatable bonds is 7. The van der Waals surface area contributed by atoms with Crippen LogP contribution in [0.2, 0.25) is 0 Å². The van der Waals surface area contributed by atoms with Gasteiger partial charge in [-0.25, -0.2) is 4.39 Å². The van der Waals surface area contributed by atoms with Gasteiger partial charge >= 0.3 is 0 Å². The van der Waals surface area contributed by atoms with Crippen molar-refractivity contribution in [3.8, 4) is 0 Å². The van der Waals surface area contributed by atoms with Gasteiger partial charge in [-0.1, -0.05) is 13.3 Å². The summed E-state index contributed by atoms with van der Waals surface area (Å²) in [5.74, 6) is -1.35. The highest BCUT2D eigenvalue weighted by Gasteiger charge is 2.19. The van der Waals surface area contributed by atoms with E-state index in [1.807, 2.05) is 6.92 Å². The first-order valence-electron chi connectivity index (χ1n) is 6.34. The van der Waals surface area contributed by atoms with Crippen LogP contribution >= 0.6 is 0 Å². The molecule has 0 aromatic heterocycles. The number of hydrogen-bond acceptors (Lipinski definition) is 4. The number of amides is 1. The number of aliphatic hydroxyl groups is 1. The summed E-state index contributed by atoms with van der Waals surface area (Å²) in [7, 11) is 0. The summed E-state index contributed by atoms with van der Waals surface area (Å²) < 4.78 is 13.3. The van der Waals surface area contributed by atoms with E-state index in [4.69, 9.17) is 5.11 Å². The first-order valence-corrected chi connectivity index (χ1v) is 6.34. The van der Waals surface area contributed by atoms with Crippen molar-refractivity contribution in [2.75, 3.05) is 19.7 Å². The number of hydrogen-bond donors (Lipinski definition) is 1. The molecule has 0 radical (unpaired) electrons. The van der Waals surface area contributed by atoms with Gasteiger partial charge in [-0.3, -0.25) is 14.9 Å². The summed E-state index contributed by atoms with van der Waals surface area (Å²) in [4.78, 5) is 23.5. The number of nitrogens with zero attached hydrogens (tertiary/aromatic N) is 2. The second kappa shape index (κ2) is 7.54. The maximum Gasteiger partial charge on any atom is 0.273 e. The molecular weight excluding hydrogens is 267 g/mol. The molecule has 0 saturated heterocycles. The van der Waals surface area contributed by atoms with Crippen molar-refractivity contribution in [1.29, 1.82) is 0 Å². The Labute approximate surface area is 116 Å². The fraction of sp³-hybridized carbons (Fsp3) is 0.462. The highest BCUT2D eigenvalue weighted by atomic mass is 19.1. The molecule has 0 aliphatic heterocycles. The third-order valence-electron chi connectivity index (χ3n) is 2.78. The van der Waals surface area contributed by atoms with Crippen LogP contribution < -0.4 is 0 Å². The van der Waals surface area contributed by atoms with Crippen molar-refractivity contribution in [2.24, 2.45) is 0 Å². The minimum Gasteiger partial charge on any atom is -0.395 e. The molecule has 1 N–H and O–H groups in total. The molecule has 0 saturated carbocycles. The molecule has 7 heteroatoms. The second-order valence-electron chi connectivity index (χ2n) is 4.32. The topological polar surface area (TPSA) is 83.7 Å². The van der Waals surface area contributed by atoms with Crippen molar-refractivity contribution >= 4 is 11.6 Å². The highest BCUT2D eigenvalue weighted by Crippen LogP contribution is 2.18. The van der Waals surface area contributed by atoms with Gasteiger partial charge in [0.15, 0.2) is 0 Å². The summed E-state index contributed by atoms with van der Waals surface area (Å²) in [5.41, 5.74) is -0.547. The molecule has 1 amide bonds. The molecule has 110 valence electrons. The van der Waals surface area contributed by atoms with Crippen molar-refractivity contribution < 1.29 is 19.2 Å². The van der Waals surface area contributed by atoms with Crippen LogP contribution in [-0.2, 0) is 0 Å². The van der Waals surface area contributed by atoms with E-state index in [1.54, 1.807) is 0 Å². The molecule has 0 heterocycles. The number of halogens is 1. The van der Waals surface area contributed by atoms with E-state index in [9.17, 15) is 19.3 Å². The number of non-ortho nitro benzene ring substituents is 1. The molecule has 20 heavy (non-hydrogen) atoms. The van der Waals surface area contributed by atoms with Crippen LogP contribution in [0.15, 0.2) is 18.2 Å². The summed E-state index contributed by atoms with van der Waals surface area (Å²) in [5, 5.41) is 19.6. The summed E-state index contributed by atoms with van der Waals surface area (Å²) in [6.45, 7) is 2.27. The SMILES string of the molecule is CCCCN(CCO)C(=O)c1cc(F)cc([N+](=O)[O-])c1. The van der Waals surface area contributed by atoms with E-state index in [-0.39, 0.29) is 18.7 Å². The number of aliphatic hydroxyl groups excluding tert-OH is 1. The molecule has 0 aliphatic rings. The minimum atomic E-state index is -0.831. The minimum absolute atomic E-state index is 0.0822. The predicted octanol–water partition coefficient (Wildman–Crippen LogP) is 1.97. The third-order valence-corrected chi connectivity index (χ3v) is 2.78. The monoisotopic (exact) mass is 284 g/mol. The van der Waals surface area contributed by atoms with E-state index in [0.717, 1.165) is 31.0 Å². The molecule has 0 bridgehead atoms. The molecular formula is C13H17FN2O4. The molecule has 1 aromatic rings. The smallest absolute Gasteiger partial charge is 0.273 e. The summed E-state index contributed by atoms with van der Waals surface area (Å²) in [6.07, 6.45) is 1.60. The van der Waals surface area contributed by atoms with Gasteiger partial charge in [-0.2, -0.15) is 0 Å². The first kappa shape index (κ1) is 16.0. The third kappa shape index (κ3) is 4.27. The number of nitro benzene ring substituents is 1. The standard InChI is InChI=1S/C13H17FN2O4/c1-2-3-4-15(5-6-17)13(18)10-7-11(14)9-12(8-10)16(19)20/h7-9,17H,2-6H2,1H3. The van der Waals surface area contributed by atoms with Crippen molar-refractivity contribution in [3.05, 3.63) is 39.7 Å². The average molecular weight is 284 g/mol. The van der Waals surface area contributed by atoms with E-state index < -0.39 is 22.3 Å². The number of carbonyl (C=O) groups is 1. The Morgan fingerprint density at radius 3 is 2.65 bits per heavy atom. The Bertz CT molecular complexity index is 493. The Morgan fingerprint density at radius 1 is 1.40 bits per heavy atom. The molecule has 6 nitrogen and oxygen atoms in total. The number of carbonyl (C=O) groups excluding carboxylic acids is 1. The highest BCUT2D eigenvalue weighted by molar-refractivity contribution is 5.94. The summed E-state index contributed by atoms with van der Waals surface area (Å²) in [6, 6.07) is 2.77. The average Bonchev–Trinajstić information content (AvgIpc) is 2.42. The van der Waals surface area contributed by atoms with E-state index >= 15 is 0 Å². The Balaban J connectivity index is 3.01. The van der Waals surface area contributed by atoms with Gasteiger partial charge in [-0.05, 0) is 12.5 Å². The van der Waals surface area contributed by atoms with Crippen LogP contribution in [0.25, 0.3) is 0 Å². The van der Waals surface area contributed by atoms with Gasteiger partial charge in [0.2, 0.25) is 0 Å². The predicted molar refractivity (Wildman–Crippen MR) is 71.0 cm³/mol. The largest absolute Gasteiger partial charge is 0.395 e. The Morgan fingerprint density at radius 2 is 2.10 bits per heavy atom. The maximum atomic E-state index is 13.3. The maximum absolute atomic E-state index is 13.3. The van der Waals surface area contributed by atoms with Crippen molar-refractivity contribution in [3.63, 3.8) is 0 Å². The zero-order valence-corrected chi connectivity index (χ0v) is 11.2. The van der Waals surface area contributed by atoms with Crippen LogP contribution in [0.4, 0.5) is 10.1 Å². The number of unbranched alkanes of at least 4 members (excludes halogenated alkanes) is 1. The van der Waals surface area contributed by atoms with Crippen LogP contribution in [0, 0.1) is 15.9 Å². The van der Waals surface area contributed by atoms with Crippen LogP contribution in [0.5, 0.6) is 0 Å². The van der Waals surface area contributed by atoms with Gasteiger partial charge in [-0.15, -0.1) is 0 Å². The molecule has 1 rings (SSSR count). The zero-order chi connectivity index (χ0) is 15.1. The Kier molecular flexibility index (Phi) is 6.05. The van der Waals surface area contributed by atoms with Gasteiger partial charge in [0, 0.05) is 24.7 Å². The first-order chi connectivity index (χ1) is 9.49. The Hall–Kier alpha value is -2.02. The molecule has 0 atom stereocenters. The molecule has 0 spiro atoms. The van der Waals surface area contributed by atoms with E-state index in [1.165, 1.54) is 4.90 Å². The normalized spacial score (nSPS) is 10.3. The van der Waals surface area contributed by atoms with Gasteiger partial charge in [0.05, 0.1) is 17.6 Å². The summed E-state index contributed by atoms with van der Waals surface area (Å²) >= 11 is 0. The van der Waals surface area contributed by atoms with E-state index in [2.05, 4.69) is 0 Å². The van der Waals surface area contributed by atoms with E-state index in [0.29, 0.717) is 6.54 Å². The molecule has 0 aliphatic carbocycles. The van der Waals surface area contributed by atoms with Gasteiger partial charge < -0.3 is 10.0 Å². The molecule has 0 fully saturated rings. The lowest BCUT2D eigenvalue weighted by molar-refractivity contribution is -0.385. The lowest BCUT2D eigenvalue weighted by atomic mass is 10.1. The van der Waals surface area contributed by atoms with Crippen molar-refractivity contribution in [1.82, 2.24) is 4.90 Å². The number of nitro groups is 1. The zero-order valence-electron chi connectivity index (χ0n) is 11.2. The fourth-order valence-electron chi connectivity index (χ4n) is 1.77. The van der Waals surface area contributed by atoms with Crippen LogP contribution in [-0.4, -0.2) is 40.5 Å². The van der Waals surface area contributed by atoms with Gasteiger partial charge in [0.25, 0.3) is 11.6 Å². The fourth-order valence-corrected chi connectivity index (χ4v) is 1.77. The second-order valence-corrected chi connectivity index (χ2v) is 4.32. The van der Waals surface area contributed by atoms with Gasteiger partial charge in [0.1, 0.15) is 5.82 Å².